The lowest BCUT2D eigenvalue weighted by atomic mass is 9.77. The van der Waals surface area contributed by atoms with Gasteiger partial charge in [-0.15, -0.1) is 0 Å². The molecule has 0 aromatic carbocycles. The summed E-state index contributed by atoms with van der Waals surface area (Å²) in [6, 6.07) is 3.97. The molecule has 0 radical (unpaired) electrons. The summed E-state index contributed by atoms with van der Waals surface area (Å²) in [6.45, 7) is 3.79. The van der Waals surface area contributed by atoms with E-state index < -0.39 is 23.9 Å². The number of hydrogen-bond acceptors (Lipinski definition) is 6. The number of anilines is 2. The van der Waals surface area contributed by atoms with E-state index in [2.05, 4.69) is 20.6 Å². The molecule has 32 heavy (non-hydrogen) atoms. The highest BCUT2D eigenvalue weighted by Crippen LogP contribution is 2.47. The van der Waals surface area contributed by atoms with Crippen LogP contribution in [0.3, 0.4) is 0 Å². The number of alkyl halides is 3. The van der Waals surface area contributed by atoms with Gasteiger partial charge in [0, 0.05) is 48.9 Å². The Morgan fingerprint density at radius 2 is 2.06 bits per heavy atom. The number of aromatic nitrogens is 2. The van der Waals surface area contributed by atoms with Crippen LogP contribution in [0.5, 0.6) is 0 Å². The molecule has 1 saturated carbocycles. The SMILES string of the molecule is C[C@H]1CN(c2cc(C(F)(F)F)cc(-c3ccnc4c3[C@H](C3CCC3)OC(=O)N4)n2)CCN1. The lowest BCUT2D eigenvalue weighted by Crippen LogP contribution is -2.49. The van der Waals surface area contributed by atoms with Crippen molar-refractivity contribution >= 4 is 17.7 Å². The normalized spacial score (nSPS) is 23.8. The first kappa shape index (κ1) is 21.0. The summed E-state index contributed by atoms with van der Waals surface area (Å²) in [6.07, 6.45) is -1.35. The summed E-state index contributed by atoms with van der Waals surface area (Å²) in [5.74, 6) is 0.740. The molecule has 5 rings (SSSR count). The molecule has 0 unspecified atom stereocenters. The minimum Gasteiger partial charge on any atom is -0.441 e. The number of piperazine rings is 1. The van der Waals surface area contributed by atoms with E-state index in [9.17, 15) is 18.0 Å². The number of halogens is 3. The molecule has 1 aliphatic carbocycles. The highest BCUT2D eigenvalue weighted by atomic mass is 19.4. The first-order valence-electron chi connectivity index (χ1n) is 10.8. The van der Waals surface area contributed by atoms with Crippen molar-refractivity contribution in [3.05, 3.63) is 35.5 Å². The maximum atomic E-state index is 13.8. The van der Waals surface area contributed by atoms with Crippen LogP contribution in [-0.4, -0.2) is 41.7 Å². The molecule has 2 aromatic heterocycles. The molecule has 2 atom stereocenters. The standard InChI is InChI=1S/C22H24F3N5O2/c1-12-11-30(8-7-26-12)17-10-14(22(23,24)25)9-16(28-17)15-5-6-27-20-18(15)19(13-3-2-4-13)32-21(31)29-20/h5-6,9-10,12-13,19,26H,2-4,7-8,11H2,1H3,(H,27,29,31)/t12-,19-/m0/s1. The Morgan fingerprint density at radius 1 is 1.25 bits per heavy atom. The Labute approximate surface area is 183 Å². The second-order valence-electron chi connectivity index (χ2n) is 8.66. The monoisotopic (exact) mass is 447 g/mol. The summed E-state index contributed by atoms with van der Waals surface area (Å²) in [7, 11) is 0. The van der Waals surface area contributed by atoms with Crippen LogP contribution in [0.25, 0.3) is 11.3 Å². The molecular weight excluding hydrogens is 423 g/mol. The van der Waals surface area contributed by atoms with Crippen LogP contribution in [0.2, 0.25) is 0 Å². The third-order valence-electron chi connectivity index (χ3n) is 6.41. The molecule has 2 N–H and O–H groups in total. The first-order chi connectivity index (χ1) is 15.3. The van der Waals surface area contributed by atoms with Crippen LogP contribution in [0.15, 0.2) is 24.4 Å². The number of nitrogens with one attached hydrogen (secondary N) is 2. The van der Waals surface area contributed by atoms with Crippen LogP contribution in [0.1, 0.15) is 43.4 Å². The third-order valence-corrected chi connectivity index (χ3v) is 6.41. The van der Waals surface area contributed by atoms with Gasteiger partial charge in [-0.2, -0.15) is 13.2 Å². The van der Waals surface area contributed by atoms with Crippen LogP contribution in [0.4, 0.5) is 29.6 Å². The van der Waals surface area contributed by atoms with Crippen LogP contribution < -0.4 is 15.5 Å². The minimum absolute atomic E-state index is 0.127. The zero-order valence-electron chi connectivity index (χ0n) is 17.6. The van der Waals surface area contributed by atoms with E-state index in [1.54, 1.807) is 6.07 Å². The van der Waals surface area contributed by atoms with Gasteiger partial charge in [0.1, 0.15) is 17.7 Å². The Bertz CT molecular complexity index is 1040. The number of amides is 1. The molecule has 0 spiro atoms. The fraction of sp³-hybridized carbons (Fsp3) is 0.500. The van der Waals surface area contributed by atoms with Gasteiger partial charge in [0.25, 0.3) is 0 Å². The number of fused-ring (bicyclic) bond motifs is 1. The fourth-order valence-corrected chi connectivity index (χ4v) is 4.58. The van der Waals surface area contributed by atoms with Crippen molar-refractivity contribution in [3.63, 3.8) is 0 Å². The Hall–Kier alpha value is -2.88. The highest BCUT2D eigenvalue weighted by Gasteiger charge is 2.39. The molecule has 0 bridgehead atoms. The number of ether oxygens (including phenoxy) is 1. The molecule has 4 heterocycles. The van der Waals surface area contributed by atoms with Crippen molar-refractivity contribution in [2.75, 3.05) is 29.9 Å². The summed E-state index contributed by atoms with van der Waals surface area (Å²) in [5, 5.41) is 5.88. The topological polar surface area (TPSA) is 79.4 Å². The van der Waals surface area contributed by atoms with Gasteiger partial charge in [-0.1, -0.05) is 6.42 Å². The van der Waals surface area contributed by atoms with Crippen LogP contribution in [-0.2, 0) is 10.9 Å². The highest BCUT2D eigenvalue weighted by molar-refractivity contribution is 5.89. The fourth-order valence-electron chi connectivity index (χ4n) is 4.58. The lowest BCUT2D eigenvalue weighted by Gasteiger charge is -2.37. The number of pyridine rings is 2. The van der Waals surface area contributed by atoms with Crippen LogP contribution in [0, 0.1) is 5.92 Å². The zero-order valence-corrected chi connectivity index (χ0v) is 17.6. The quantitative estimate of drug-likeness (QED) is 0.728. The second kappa shape index (κ2) is 7.91. The predicted octanol–water partition coefficient (Wildman–Crippen LogP) is 4.36. The molecule has 2 fully saturated rings. The number of hydrogen-bond donors (Lipinski definition) is 2. The maximum Gasteiger partial charge on any atom is 0.416 e. The molecule has 1 amide bonds. The first-order valence-corrected chi connectivity index (χ1v) is 10.8. The smallest absolute Gasteiger partial charge is 0.416 e. The Balaban J connectivity index is 1.64. The predicted molar refractivity (Wildman–Crippen MR) is 112 cm³/mol. The van der Waals surface area contributed by atoms with E-state index in [-0.39, 0.29) is 23.5 Å². The largest absolute Gasteiger partial charge is 0.441 e. The van der Waals surface area contributed by atoms with Gasteiger partial charge in [-0.3, -0.25) is 5.32 Å². The molecule has 2 aromatic rings. The van der Waals surface area contributed by atoms with E-state index in [1.165, 1.54) is 6.20 Å². The summed E-state index contributed by atoms with van der Waals surface area (Å²) < 4.78 is 47.0. The van der Waals surface area contributed by atoms with Crippen molar-refractivity contribution in [2.45, 2.75) is 44.5 Å². The third kappa shape index (κ3) is 3.87. The summed E-state index contributed by atoms with van der Waals surface area (Å²) >= 11 is 0. The second-order valence-corrected chi connectivity index (χ2v) is 8.66. The minimum atomic E-state index is -4.52. The van der Waals surface area contributed by atoms with Gasteiger partial charge in [-0.05, 0) is 38.0 Å². The van der Waals surface area contributed by atoms with Crippen molar-refractivity contribution in [2.24, 2.45) is 5.92 Å². The number of nitrogens with zero attached hydrogens (tertiary/aromatic N) is 3. The molecule has 2 aliphatic heterocycles. The van der Waals surface area contributed by atoms with Gasteiger partial charge < -0.3 is 15.0 Å². The maximum absolute atomic E-state index is 13.8. The summed E-state index contributed by atoms with van der Waals surface area (Å²) in [5.41, 5.74) is 0.546. The Morgan fingerprint density at radius 3 is 2.75 bits per heavy atom. The van der Waals surface area contributed by atoms with Crippen molar-refractivity contribution in [1.29, 1.82) is 0 Å². The van der Waals surface area contributed by atoms with E-state index in [0.29, 0.717) is 36.6 Å². The van der Waals surface area contributed by atoms with Gasteiger partial charge in [-0.25, -0.2) is 14.8 Å². The van der Waals surface area contributed by atoms with Gasteiger partial charge in [0.2, 0.25) is 0 Å². The van der Waals surface area contributed by atoms with Crippen molar-refractivity contribution in [3.8, 4) is 11.3 Å². The van der Waals surface area contributed by atoms with E-state index in [4.69, 9.17) is 4.74 Å². The van der Waals surface area contributed by atoms with Gasteiger partial charge in [0.05, 0.1) is 11.3 Å². The zero-order chi connectivity index (χ0) is 22.5. The van der Waals surface area contributed by atoms with Crippen molar-refractivity contribution in [1.82, 2.24) is 15.3 Å². The lowest BCUT2D eigenvalue weighted by molar-refractivity contribution is -0.137. The Kier molecular flexibility index (Phi) is 5.19. The average molecular weight is 447 g/mol. The average Bonchev–Trinajstić information content (AvgIpc) is 2.71. The molecule has 10 heteroatoms. The van der Waals surface area contributed by atoms with Crippen molar-refractivity contribution < 1.29 is 22.7 Å². The molecule has 3 aliphatic rings. The van der Waals surface area contributed by atoms with Gasteiger partial charge >= 0.3 is 12.3 Å². The number of cyclic esters (lactones) is 1. The molecule has 7 nitrogen and oxygen atoms in total. The molecule has 1 saturated heterocycles. The molecule has 170 valence electrons. The van der Waals surface area contributed by atoms with E-state index in [0.717, 1.165) is 31.4 Å². The van der Waals surface area contributed by atoms with Crippen LogP contribution >= 0.6 is 0 Å². The number of carbonyl (C=O) groups is 1. The van der Waals surface area contributed by atoms with E-state index in [1.807, 2.05) is 11.8 Å². The van der Waals surface area contributed by atoms with Gasteiger partial charge in [0.15, 0.2) is 0 Å². The van der Waals surface area contributed by atoms with E-state index >= 15 is 0 Å². The summed E-state index contributed by atoms with van der Waals surface area (Å²) in [4.78, 5) is 22.8. The number of rotatable bonds is 3. The molecular formula is C22H24F3N5O2. The number of carbonyl (C=O) groups excluding carboxylic acids is 1.